The largest absolute Gasteiger partial charge is 0.311 e. The lowest BCUT2D eigenvalue weighted by atomic mass is 10.1. The van der Waals surface area contributed by atoms with Gasteiger partial charge in [-0.3, -0.25) is 0 Å². The molecule has 0 radical (unpaired) electrons. The fraction of sp³-hybridized carbons (Fsp3) is 0.538. The van der Waals surface area contributed by atoms with E-state index in [9.17, 15) is 8.78 Å². The fourth-order valence-corrected chi connectivity index (χ4v) is 1.55. The Bertz CT molecular complexity index is 312. The molecule has 0 aliphatic carbocycles. The van der Waals surface area contributed by atoms with E-state index in [2.05, 4.69) is 5.32 Å². The Hall–Kier alpha value is -1.00. The second kappa shape index (κ2) is 6.67. The summed E-state index contributed by atoms with van der Waals surface area (Å²) in [7, 11) is 3.94. The van der Waals surface area contributed by atoms with Gasteiger partial charge in [0.15, 0.2) is 0 Å². The van der Waals surface area contributed by atoms with Crippen LogP contribution in [0.3, 0.4) is 0 Å². The maximum absolute atomic E-state index is 13.7. The predicted molar refractivity (Wildman–Crippen MR) is 66.4 cm³/mol. The zero-order valence-corrected chi connectivity index (χ0v) is 10.4. The average Bonchev–Trinajstić information content (AvgIpc) is 2.29. The monoisotopic (exact) mass is 242 g/mol. The van der Waals surface area contributed by atoms with Gasteiger partial charge in [-0.1, -0.05) is 30.3 Å². The van der Waals surface area contributed by atoms with Gasteiger partial charge in [0.05, 0.1) is 6.54 Å². The second-order valence-corrected chi connectivity index (χ2v) is 4.40. The Kier molecular flexibility index (Phi) is 5.51. The van der Waals surface area contributed by atoms with Crippen LogP contribution in [0, 0.1) is 0 Å². The summed E-state index contributed by atoms with van der Waals surface area (Å²) >= 11 is 0. The molecule has 0 saturated heterocycles. The van der Waals surface area contributed by atoms with E-state index in [0.717, 1.165) is 13.0 Å². The molecule has 1 rings (SSSR count). The first kappa shape index (κ1) is 14.1. The first-order valence-electron chi connectivity index (χ1n) is 5.81. The first-order chi connectivity index (χ1) is 8.02. The molecule has 0 atom stereocenters. The number of halogens is 2. The fourth-order valence-electron chi connectivity index (χ4n) is 1.55. The molecule has 0 aliphatic heterocycles. The Morgan fingerprint density at radius 3 is 2.41 bits per heavy atom. The van der Waals surface area contributed by atoms with E-state index < -0.39 is 5.92 Å². The molecule has 0 heterocycles. The van der Waals surface area contributed by atoms with E-state index in [1.165, 1.54) is 12.1 Å². The van der Waals surface area contributed by atoms with Gasteiger partial charge in [0.1, 0.15) is 0 Å². The third-order valence-corrected chi connectivity index (χ3v) is 2.50. The zero-order chi connectivity index (χ0) is 12.7. The minimum absolute atomic E-state index is 0.0695. The van der Waals surface area contributed by atoms with Gasteiger partial charge in [-0.05, 0) is 33.6 Å². The topological polar surface area (TPSA) is 15.3 Å². The number of rotatable bonds is 7. The van der Waals surface area contributed by atoms with Gasteiger partial charge in [-0.15, -0.1) is 0 Å². The highest BCUT2D eigenvalue weighted by Gasteiger charge is 2.30. The molecule has 0 aliphatic rings. The van der Waals surface area contributed by atoms with Crippen LogP contribution >= 0.6 is 0 Å². The number of nitrogens with zero attached hydrogens (tertiary/aromatic N) is 1. The van der Waals surface area contributed by atoms with Crippen molar-refractivity contribution in [2.75, 3.05) is 33.7 Å². The molecule has 0 aromatic heterocycles. The smallest absolute Gasteiger partial charge is 0.285 e. The molecule has 1 aromatic rings. The second-order valence-electron chi connectivity index (χ2n) is 4.40. The van der Waals surface area contributed by atoms with E-state index in [1.807, 2.05) is 19.0 Å². The predicted octanol–water partition coefficient (Wildman–Crippen LogP) is 2.32. The van der Waals surface area contributed by atoms with E-state index in [4.69, 9.17) is 0 Å². The van der Waals surface area contributed by atoms with Crippen LogP contribution in [0.5, 0.6) is 0 Å². The summed E-state index contributed by atoms with van der Waals surface area (Å²) < 4.78 is 27.3. The third-order valence-electron chi connectivity index (χ3n) is 2.50. The Balaban J connectivity index is 2.30. The van der Waals surface area contributed by atoms with Crippen LogP contribution in [-0.4, -0.2) is 38.6 Å². The molecule has 4 heteroatoms. The SMILES string of the molecule is CN(C)CCCNCC(F)(F)c1ccccc1. The van der Waals surface area contributed by atoms with Crippen LogP contribution in [0.15, 0.2) is 30.3 Å². The van der Waals surface area contributed by atoms with Crippen LogP contribution < -0.4 is 5.32 Å². The van der Waals surface area contributed by atoms with Crippen molar-refractivity contribution in [3.8, 4) is 0 Å². The van der Waals surface area contributed by atoms with Gasteiger partial charge < -0.3 is 10.2 Å². The van der Waals surface area contributed by atoms with Crippen molar-refractivity contribution in [1.29, 1.82) is 0 Å². The third kappa shape index (κ3) is 5.24. The van der Waals surface area contributed by atoms with Gasteiger partial charge in [-0.25, -0.2) is 0 Å². The summed E-state index contributed by atoms with van der Waals surface area (Å²) in [6.45, 7) is 1.22. The van der Waals surface area contributed by atoms with Gasteiger partial charge >= 0.3 is 0 Å². The Morgan fingerprint density at radius 1 is 1.18 bits per heavy atom. The van der Waals surface area contributed by atoms with Crippen molar-refractivity contribution >= 4 is 0 Å². The van der Waals surface area contributed by atoms with Crippen molar-refractivity contribution in [2.24, 2.45) is 0 Å². The maximum atomic E-state index is 13.7. The molecule has 0 spiro atoms. The molecule has 0 saturated carbocycles. The van der Waals surface area contributed by atoms with Gasteiger partial charge in [0.25, 0.3) is 5.92 Å². The highest BCUT2D eigenvalue weighted by atomic mass is 19.3. The van der Waals surface area contributed by atoms with E-state index in [0.29, 0.717) is 6.54 Å². The quantitative estimate of drug-likeness (QED) is 0.738. The van der Waals surface area contributed by atoms with Crippen molar-refractivity contribution in [3.05, 3.63) is 35.9 Å². The van der Waals surface area contributed by atoms with Crippen LogP contribution in [0.4, 0.5) is 8.78 Å². The van der Waals surface area contributed by atoms with E-state index in [-0.39, 0.29) is 12.1 Å². The summed E-state index contributed by atoms with van der Waals surface area (Å²) in [5, 5.41) is 2.80. The van der Waals surface area contributed by atoms with Gasteiger partial charge in [0.2, 0.25) is 0 Å². The molecule has 96 valence electrons. The average molecular weight is 242 g/mol. The van der Waals surface area contributed by atoms with Crippen molar-refractivity contribution in [3.63, 3.8) is 0 Å². The number of nitrogens with one attached hydrogen (secondary N) is 1. The molecule has 1 N–H and O–H groups in total. The minimum atomic E-state index is -2.79. The molecule has 2 nitrogen and oxygen atoms in total. The van der Waals surface area contributed by atoms with Crippen LogP contribution in [0.25, 0.3) is 0 Å². The summed E-state index contributed by atoms with van der Waals surface area (Å²) in [6, 6.07) is 7.93. The lowest BCUT2D eigenvalue weighted by Gasteiger charge is -2.17. The maximum Gasteiger partial charge on any atom is 0.285 e. The lowest BCUT2D eigenvalue weighted by Crippen LogP contribution is -2.32. The van der Waals surface area contributed by atoms with E-state index in [1.54, 1.807) is 18.2 Å². The van der Waals surface area contributed by atoms with E-state index >= 15 is 0 Å². The van der Waals surface area contributed by atoms with Gasteiger partial charge in [-0.2, -0.15) is 8.78 Å². The Morgan fingerprint density at radius 2 is 1.82 bits per heavy atom. The zero-order valence-electron chi connectivity index (χ0n) is 10.4. The number of hydrogen-bond acceptors (Lipinski definition) is 2. The lowest BCUT2D eigenvalue weighted by molar-refractivity contribution is -0.00305. The Labute approximate surface area is 102 Å². The summed E-state index contributed by atoms with van der Waals surface area (Å²) in [5.41, 5.74) is 0.0695. The number of benzene rings is 1. The molecule has 0 amide bonds. The normalized spacial score (nSPS) is 12.1. The molecule has 0 fully saturated rings. The molecule has 0 bridgehead atoms. The molecule has 17 heavy (non-hydrogen) atoms. The summed E-state index contributed by atoms with van der Waals surface area (Å²) in [4.78, 5) is 2.04. The summed E-state index contributed by atoms with van der Waals surface area (Å²) in [5.74, 6) is -2.79. The van der Waals surface area contributed by atoms with Crippen LogP contribution in [-0.2, 0) is 5.92 Å². The van der Waals surface area contributed by atoms with Crippen molar-refractivity contribution in [1.82, 2.24) is 10.2 Å². The number of hydrogen-bond donors (Lipinski definition) is 1. The standard InChI is InChI=1S/C13H20F2N2/c1-17(2)10-6-9-16-11-13(14,15)12-7-4-3-5-8-12/h3-5,7-8,16H,6,9-11H2,1-2H3. The number of alkyl halides is 2. The van der Waals surface area contributed by atoms with Gasteiger partial charge in [0, 0.05) is 5.56 Å². The van der Waals surface area contributed by atoms with Crippen LogP contribution in [0.2, 0.25) is 0 Å². The molecular weight excluding hydrogens is 222 g/mol. The summed E-state index contributed by atoms with van der Waals surface area (Å²) in [6.07, 6.45) is 0.873. The molecule has 0 unspecified atom stereocenters. The molecular formula is C13H20F2N2. The van der Waals surface area contributed by atoms with Crippen molar-refractivity contribution < 1.29 is 8.78 Å². The highest BCUT2D eigenvalue weighted by molar-refractivity contribution is 5.20. The minimum Gasteiger partial charge on any atom is -0.311 e. The van der Waals surface area contributed by atoms with Crippen LogP contribution in [0.1, 0.15) is 12.0 Å². The van der Waals surface area contributed by atoms with Crippen molar-refractivity contribution in [2.45, 2.75) is 12.3 Å². The highest BCUT2D eigenvalue weighted by Crippen LogP contribution is 2.26. The molecule has 1 aromatic carbocycles. The first-order valence-corrected chi connectivity index (χ1v) is 5.81.